The minimum absolute atomic E-state index is 0.330. The number of aliphatic hydroxyl groups is 1. The highest BCUT2D eigenvalue weighted by molar-refractivity contribution is 5.14. The van der Waals surface area contributed by atoms with Crippen molar-refractivity contribution in [1.29, 1.82) is 0 Å². The van der Waals surface area contributed by atoms with Crippen LogP contribution in [0.3, 0.4) is 0 Å². The van der Waals surface area contributed by atoms with Crippen LogP contribution in [0.15, 0.2) is 30.3 Å². The molecule has 0 unspecified atom stereocenters. The van der Waals surface area contributed by atoms with Crippen molar-refractivity contribution in [1.82, 2.24) is 0 Å². The maximum absolute atomic E-state index is 9.21. The Morgan fingerprint density at radius 2 is 1.92 bits per heavy atom. The molecular weight excluding hydrogens is 162 g/mol. The number of rotatable bonds is 5. The highest BCUT2D eigenvalue weighted by atomic mass is 16.3. The van der Waals surface area contributed by atoms with Gasteiger partial charge in [0.05, 0.1) is 6.10 Å². The minimum atomic E-state index is -0.330. The van der Waals surface area contributed by atoms with Gasteiger partial charge in [0.25, 0.3) is 0 Å². The van der Waals surface area contributed by atoms with E-state index in [1.54, 1.807) is 0 Å². The van der Waals surface area contributed by atoms with Crippen LogP contribution in [0.1, 0.15) is 18.4 Å². The molecule has 13 heavy (non-hydrogen) atoms. The van der Waals surface area contributed by atoms with Gasteiger partial charge in [-0.15, -0.1) is 0 Å². The average molecular weight is 179 g/mol. The fourth-order valence-electron chi connectivity index (χ4n) is 1.30. The number of hydrogen-bond acceptors (Lipinski definition) is 2. The van der Waals surface area contributed by atoms with E-state index in [-0.39, 0.29) is 6.10 Å². The van der Waals surface area contributed by atoms with Gasteiger partial charge in [0.15, 0.2) is 0 Å². The number of benzene rings is 1. The van der Waals surface area contributed by atoms with Crippen molar-refractivity contribution < 1.29 is 5.11 Å². The Morgan fingerprint density at radius 3 is 2.54 bits per heavy atom. The Hall–Kier alpha value is -0.860. The quantitative estimate of drug-likeness (QED) is 0.716. The molecule has 0 fully saturated rings. The predicted molar refractivity (Wildman–Crippen MR) is 54.4 cm³/mol. The van der Waals surface area contributed by atoms with E-state index in [4.69, 9.17) is 5.73 Å². The van der Waals surface area contributed by atoms with Gasteiger partial charge in [-0.1, -0.05) is 30.3 Å². The monoisotopic (exact) mass is 179 g/mol. The van der Waals surface area contributed by atoms with Gasteiger partial charge in [0.2, 0.25) is 0 Å². The van der Waals surface area contributed by atoms with Crippen molar-refractivity contribution >= 4 is 0 Å². The molecule has 0 aliphatic rings. The zero-order chi connectivity index (χ0) is 9.52. The Balaban J connectivity index is 2.20. The van der Waals surface area contributed by atoms with Crippen LogP contribution >= 0.6 is 0 Å². The summed E-state index contributed by atoms with van der Waals surface area (Å²) in [6, 6.07) is 10.3. The van der Waals surface area contributed by atoms with E-state index in [1.165, 1.54) is 5.56 Å². The molecule has 0 aliphatic heterocycles. The molecule has 72 valence electrons. The van der Waals surface area contributed by atoms with Gasteiger partial charge in [0.1, 0.15) is 0 Å². The first kappa shape index (κ1) is 10.2. The topological polar surface area (TPSA) is 46.2 Å². The number of aryl methyl sites for hydroxylation is 1. The molecule has 2 heteroatoms. The van der Waals surface area contributed by atoms with Crippen LogP contribution in [0.2, 0.25) is 0 Å². The Labute approximate surface area is 79.4 Å². The Morgan fingerprint density at radius 1 is 1.23 bits per heavy atom. The van der Waals surface area contributed by atoms with Crippen LogP contribution in [0.5, 0.6) is 0 Å². The third kappa shape index (κ3) is 4.06. The molecule has 0 aliphatic carbocycles. The first-order valence-electron chi connectivity index (χ1n) is 4.75. The SMILES string of the molecule is NC[C@H](O)CCCc1ccccc1. The zero-order valence-electron chi connectivity index (χ0n) is 7.82. The molecular formula is C11H17NO. The molecule has 3 N–H and O–H groups in total. The van der Waals surface area contributed by atoms with Gasteiger partial charge >= 0.3 is 0 Å². The third-order valence-corrected chi connectivity index (χ3v) is 2.12. The molecule has 0 amide bonds. The van der Waals surface area contributed by atoms with E-state index in [0.717, 1.165) is 19.3 Å². The fourth-order valence-corrected chi connectivity index (χ4v) is 1.30. The maximum Gasteiger partial charge on any atom is 0.0662 e. The van der Waals surface area contributed by atoms with Crippen molar-refractivity contribution in [2.45, 2.75) is 25.4 Å². The van der Waals surface area contributed by atoms with Gasteiger partial charge in [-0.05, 0) is 24.8 Å². The lowest BCUT2D eigenvalue weighted by Crippen LogP contribution is -2.19. The minimum Gasteiger partial charge on any atom is -0.392 e. The zero-order valence-corrected chi connectivity index (χ0v) is 7.82. The molecule has 0 radical (unpaired) electrons. The number of hydrogen-bond donors (Lipinski definition) is 2. The lowest BCUT2D eigenvalue weighted by Gasteiger charge is -2.06. The van der Waals surface area contributed by atoms with E-state index in [2.05, 4.69) is 12.1 Å². The van der Waals surface area contributed by atoms with E-state index < -0.39 is 0 Å². The standard InChI is InChI=1S/C11H17NO/c12-9-11(13)8-4-7-10-5-2-1-3-6-10/h1-3,5-6,11,13H,4,7-9,12H2/t11-/m1/s1. The van der Waals surface area contributed by atoms with Crippen molar-refractivity contribution in [2.24, 2.45) is 5.73 Å². The van der Waals surface area contributed by atoms with Gasteiger partial charge in [-0.25, -0.2) is 0 Å². The number of aliphatic hydroxyl groups excluding tert-OH is 1. The Bertz CT molecular complexity index is 223. The summed E-state index contributed by atoms with van der Waals surface area (Å²) in [4.78, 5) is 0. The van der Waals surface area contributed by atoms with Crippen molar-refractivity contribution in [3.63, 3.8) is 0 Å². The van der Waals surface area contributed by atoms with Gasteiger partial charge in [-0.3, -0.25) is 0 Å². The summed E-state index contributed by atoms with van der Waals surface area (Å²) in [5.74, 6) is 0. The second kappa shape index (κ2) is 5.73. The highest BCUT2D eigenvalue weighted by Crippen LogP contribution is 2.05. The summed E-state index contributed by atoms with van der Waals surface area (Å²) in [5.41, 5.74) is 6.63. The van der Waals surface area contributed by atoms with Crippen LogP contribution in [-0.4, -0.2) is 17.8 Å². The van der Waals surface area contributed by atoms with Crippen molar-refractivity contribution in [2.75, 3.05) is 6.54 Å². The van der Waals surface area contributed by atoms with E-state index >= 15 is 0 Å². The molecule has 1 rings (SSSR count). The van der Waals surface area contributed by atoms with Crippen LogP contribution in [0, 0.1) is 0 Å². The van der Waals surface area contributed by atoms with E-state index in [9.17, 15) is 5.11 Å². The van der Waals surface area contributed by atoms with Gasteiger partial charge in [0, 0.05) is 6.54 Å². The summed E-state index contributed by atoms with van der Waals surface area (Å²) in [6.45, 7) is 0.370. The first-order valence-corrected chi connectivity index (χ1v) is 4.75. The first-order chi connectivity index (χ1) is 6.33. The predicted octanol–water partition coefficient (Wildman–Crippen LogP) is 1.33. The Kier molecular flexibility index (Phi) is 4.50. The molecule has 0 heterocycles. The summed E-state index contributed by atoms with van der Waals surface area (Å²) in [7, 11) is 0. The lowest BCUT2D eigenvalue weighted by molar-refractivity contribution is 0.170. The second-order valence-electron chi connectivity index (χ2n) is 3.27. The number of nitrogens with two attached hydrogens (primary N) is 1. The lowest BCUT2D eigenvalue weighted by atomic mass is 10.1. The van der Waals surface area contributed by atoms with E-state index in [1.807, 2.05) is 18.2 Å². The maximum atomic E-state index is 9.21. The van der Waals surface area contributed by atoms with Crippen LogP contribution in [0.25, 0.3) is 0 Å². The van der Waals surface area contributed by atoms with Gasteiger partial charge in [-0.2, -0.15) is 0 Å². The van der Waals surface area contributed by atoms with Crippen molar-refractivity contribution in [3.05, 3.63) is 35.9 Å². The smallest absolute Gasteiger partial charge is 0.0662 e. The molecule has 0 saturated carbocycles. The molecule has 0 spiro atoms. The summed E-state index contributed by atoms with van der Waals surface area (Å²) < 4.78 is 0. The average Bonchev–Trinajstić information content (AvgIpc) is 2.19. The largest absolute Gasteiger partial charge is 0.392 e. The second-order valence-corrected chi connectivity index (χ2v) is 3.27. The van der Waals surface area contributed by atoms with E-state index in [0.29, 0.717) is 6.54 Å². The van der Waals surface area contributed by atoms with Crippen LogP contribution in [-0.2, 0) is 6.42 Å². The highest BCUT2D eigenvalue weighted by Gasteiger charge is 2.00. The van der Waals surface area contributed by atoms with Crippen LogP contribution in [0.4, 0.5) is 0 Å². The van der Waals surface area contributed by atoms with Gasteiger partial charge < -0.3 is 10.8 Å². The molecule has 0 bridgehead atoms. The normalized spacial score (nSPS) is 12.8. The molecule has 2 nitrogen and oxygen atoms in total. The van der Waals surface area contributed by atoms with Crippen molar-refractivity contribution in [3.8, 4) is 0 Å². The molecule has 1 aromatic carbocycles. The van der Waals surface area contributed by atoms with Crippen LogP contribution < -0.4 is 5.73 Å². The fraction of sp³-hybridized carbons (Fsp3) is 0.455. The third-order valence-electron chi connectivity index (χ3n) is 2.12. The molecule has 1 aromatic rings. The summed E-state index contributed by atoms with van der Waals surface area (Å²) in [5, 5.41) is 9.21. The molecule has 1 atom stereocenters. The summed E-state index contributed by atoms with van der Waals surface area (Å²) in [6.07, 6.45) is 2.50. The molecule has 0 aromatic heterocycles. The summed E-state index contributed by atoms with van der Waals surface area (Å²) >= 11 is 0. The molecule has 0 saturated heterocycles.